The summed E-state index contributed by atoms with van der Waals surface area (Å²) in [7, 11) is 0. The third kappa shape index (κ3) is 3.29. The number of nitrogens with zero attached hydrogens (tertiary/aromatic N) is 4. The number of fused-ring (bicyclic) bond motifs is 1. The number of pyridine rings is 1. The average Bonchev–Trinajstić information content (AvgIpc) is 3.34. The minimum atomic E-state index is -4.71. The molecule has 0 spiro atoms. The molecule has 1 N–H and O–H groups in total. The standard InChI is InChI=1S/C18H15Cl2F3N4O/c19-11-4-3-10-13(26-7-5-24-9-26)8-14(25-16(10)15(11)20)27-6-1-2-12(27)17(28)18(21,22)23/h3-5,7-9,12,17,28H,1-2,6H2/t12?,17-/m0/s1. The summed E-state index contributed by atoms with van der Waals surface area (Å²) in [5.74, 6) is 0.297. The summed E-state index contributed by atoms with van der Waals surface area (Å²) < 4.78 is 41.1. The Morgan fingerprint density at radius 1 is 1.25 bits per heavy atom. The van der Waals surface area contributed by atoms with Gasteiger partial charge in [0, 0.05) is 30.4 Å². The van der Waals surface area contributed by atoms with Gasteiger partial charge in [-0.15, -0.1) is 0 Å². The predicted molar refractivity (Wildman–Crippen MR) is 101 cm³/mol. The van der Waals surface area contributed by atoms with Gasteiger partial charge in [0.2, 0.25) is 0 Å². The van der Waals surface area contributed by atoms with E-state index in [9.17, 15) is 18.3 Å². The fraction of sp³-hybridized carbons (Fsp3) is 0.333. The molecule has 1 aliphatic rings. The summed E-state index contributed by atoms with van der Waals surface area (Å²) in [6.45, 7) is 0.345. The molecule has 28 heavy (non-hydrogen) atoms. The first-order valence-corrected chi connectivity index (χ1v) is 9.31. The average molecular weight is 431 g/mol. The largest absolute Gasteiger partial charge is 0.416 e. The normalized spacial score (nSPS) is 18.8. The molecule has 2 atom stereocenters. The number of imidazole rings is 1. The highest BCUT2D eigenvalue weighted by Gasteiger charge is 2.47. The Kier molecular flexibility index (Phi) is 4.89. The SMILES string of the molecule is O[C@@H](C1CCCN1c1cc(-n2ccnc2)c2ccc(Cl)c(Cl)c2n1)C(F)(F)F. The molecule has 5 nitrogen and oxygen atoms in total. The van der Waals surface area contributed by atoms with Gasteiger partial charge in [-0.2, -0.15) is 13.2 Å². The Labute approximate surface area is 168 Å². The van der Waals surface area contributed by atoms with E-state index >= 15 is 0 Å². The summed E-state index contributed by atoms with van der Waals surface area (Å²) in [6.07, 6.45) is -1.56. The Bertz CT molecular complexity index is 1010. The molecule has 1 aromatic carbocycles. The van der Waals surface area contributed by atoms with Crippen LogP contribution in [-0.4, -0.2) is 44.5 Å². The van der Waals surface area contributed by atoms with E-state index in [0.717, 1.165) is 0 Å². The van der Waals surface area contributed by atoms with Crippen LogP contribution in [0.4, 0.5) is 19.0 Å². The lowest BCUT2D eigenvalue weighted by Gasteiger charge is -2.31. The Morgan fingerprint density at radius 3 is 2.71 bits per heavy atom. The monoisotopic (exact) mass is 430 g/mol. The highest BCUT2D eigenvalue weighted by Crippen LogP contribution is 2.38. The summed E-state index contributed by atoms with van der Waals surface area (Å²) in [5, 5.41) is 11.0. The van der Waals surface area contributed by atoms with E-state index < -0.39 is 18.3 Å². The van der Waals surface area contributed by atoms with Crippen molar-refractivity contribution in [3.8, 4) is 5.69 Å². The van der Waals surface area contributed by atoms with Crippen LogP contribution in [-0.2, 0) is 0 Å². The van der Waals surface area contributed by atoms with Crippen molar-refractivity contribution in [1.29, 1.82) is 0 Å². The molecule has 0 amide bonds. The van der Waals surface area contributed by atoms with Crippen molar-refractivity contribution in [2.45, 2.75) is 31.2 Å². The number of benzene rings is 1. The number of aromatic nitrogens is 3. The van der Waals surface area contributed by atoms with Gasteiger partial charge in [-0.1, -0.05) is 23.2 Å². The van der Waals surface area contributed by atoms with Crippen molar-refractivity contribution in [3.05, 3.63) is 47.0 Å². The molecule has 0 aliphatic carbocycles. The van der Waals surface area contributed by atoms with Crippen LogP contribution in [0.5, 0.6) is 0 Å². The molecular weight excluding hydrogens is 416 g/mol. The molecule has 1 aliphatic heterocycles. The number of aliphatic hydroxyl groups is 1. The fourth-order valence-corrected chi connectivity index (χ4v) is 3.95. The van der Waals surface area contributed by atoms with Gasteiger partial charge in [0.15, 0.2) is 6.10 Å². The van der Waals surface area contributed by atoms with E-state index in [1.165, 1.54) is 4.90 Å². The van der Waals surface area contributed by atoms with Crippen molar-refractivity contribution in [2.24, 2.45) is 0 Å². The quantitative estimate of drug-likeness (QED) is 0.658. The summed E-state index contributed by atoms with van der Waals surface area (Å²) >= 11 is 12.5. The molecule has 3 aromatic rings. The van der Waals surface area contributed by atoms with Crippen LogP contribution in [0.15, 0.2) is 36.9 Å². The van der Waals surface area contributed by atoms with Crippen molar-refractivity contribution in [2.75, 3.05) is 11.4 Å². The minimum absolute atomic E-state index is 0.212. The van der Waals surface area contributed by atoms with E-state index in [0.29, 0.717) is 40.4 Å². The molecular formula is C18H15Cl2F3N4O. The second kappa shape index (κ2) is 7.09. The number of anilines is 1. The maximum Gasteiger partial charge on any atom is 0.416 e. The van der Waals surface area contributed by atoms with Crippen LogP contribution in [0, 0.1) is 0 Å². The van der Waals surface area contributed by atoms with Gasteiger partial charge in [-0.25, -0.2) is 9.97 Å². The molecule has 1 unspecified atom stereocenters. The van der Waals surface area contributed by atoms with Crippen molar-refractivity contribution >= 4 is 39.9 Å². The molecule has 1 fully saturated rings. The zero-order chi connectivity index (χ0) is 20.1. The summed E-state index contributed by atoms with van der Waals surface area (Å²) in [4.78, 5) is 10.0. The van der Waals surface area contributed by atoms with E-state index in [1.807, 2.05) is 0 Å². The smallest absolute Gasteiger partial charge is 0.382 e. The van der Waals surface area contributed by atoms with Crippen LogP contribution < -0.4 is 4.90 Å². The van der Waals surface area contributed by atoms with Crippen LogP contribution in [0.25, 0.3) is 16.6 Å². The summed E-state index contributed by atoms with van der Waals surface area (Å²) in [5.41, 5.74) is 1.03. The first-order valence-electron chi connectivity index (χ1n) is 8.56. The molecule has 3 heterocycles. The second-order valence-electron chi connectivity index (χ2n) is 6.62. The van der Waals surface area contributed by atoms with Crippen LogP contribution in [0.1, 0.15) is 12.8 Å². The second-order valence-corrected chi connectivity index (χ2v) is 7.40. The van der Waals surface area contributed by atoms with Gasteiger partial charge in [0.25, 0.3) is 0 Å². The number of rotatable bonds is 3. The Balaban J connectivity index is 1.89. The zero-order valence-electron chi connectivity index (χ0n) is 14.4. The lowest BCUT2D eigenvalue weighted by Crippen LogP contribution is -2.47. The number of aliphatic hydroxyl groups excluding tert-OH is 1. The molecule has 2 aromatic heterocycles. The molecule has 0 saturated carbocycles. The van der Waals surface area contributed by atoms with E-state index in [-0.39, 0.29) is 11.4 Å². The maximum atomic E-state index is 13.1. The molecule has 1 saturated heterocycles. The zero-order valence-corrected chi connectivity index (χ0v) is 15.9. The number of halogens is 5. The molecule has 4 rings (SSSR count). The van der Waals surface area contributed by atoms with Crippen molar-refractivity contribution in [1.82, 2.24) is 14.5 Å². The highest BCUT2D eigenvalue weighted by atomic mass is 35.5. The summed E-state index contributed by atoms with van der Waals surface area (Å²) in [6, 6.07) is 3.95. The van der Waals surface area contributed by atoms with Crippen molar-refractivity contribution in [3.63, 3.8) is 0 Å². The minimum Gasteiger partial charge on any atom is -0.382 e. The van der Waals surface area contributed by atoms with E-state index in [1.54, 1.807) is 41.5 Å². The lowest BCUT2D eigenvalue weighted by molar-refractivity contribution is -0.209. The molecule has 10 heteroatoms. The van der Waals surface area contributed by atoms with Gasteiger partial charge in [-0.3, -0.25) is 0 Å². The van der Waals surface area contributed by atoms with Gasteiger partial charge in [-0.05, 0) is 25.0 Å². The van der Waals surface area contributed by atoms with E-state index in [2.05, 4.69) is 9.97 Å². The highest BCUT2D eigenvalue weighted by molar-refractivity contribution is 6.45. The van der Waals surface area contributed by atoms with Gasteiger partial charge in [0.05, 0.1) is 33.6 Å². The Morgan fingerprint density at radius 2 is 2.04 bits per heavy atom. The van der Waals surface area contributed by atoms with Gasteiger partial charge >= 0.3 is 6.18 Å². The maximum absolute atomic E-state index is 13.1. The van der Waals surface area contributed by atoms with Crippen LogP contribution >= 0.6 is 23.2 Å². The predicted octanol–water partition coefficient (Wildman–Crippen LogP) is 4.62. The van der Waals surface area contributed by atoms with Crippen molar-refractivity contribution < 1.29 is 18.3 Å². The molecule has 0 radical (unpaired) electrons. The van der Waals surface area contributed by atoms with Crippen LogP contribution in [0.3, 0.4) is 0 Å². The van der Waals surface area contributed by atoms with Crippen LogP contribution in [0.2, 0.25) is 10.0 Å². The third-order valence-electron chi connectivity index (χ3n) is 4.91. The third-order valence-corrected chi connectivity index (χ3v) is 5.71. The fourth-order valence-electron chi connectivity index (χ4n) is 3.59. The first-order chi connectivity index (χ1) is 13.3. The molecule has 0 bridgehead atoms. The lowest BCUT2D eigenvalue weighted by atomic mass is 10.1. The number of alkyl halides is 3. The van der Waals surface area contributed by atoms with E-state index in [4.69, 9.17) is 23.2 Å². The Hall–Kier alpha value is -2.03. The first kappa shape index (κ1) is 19.3. The topological polar surface area (TPSA) is 54.2 Å². The number of hydrogen-bond donors (Lipinski definition) is 1. The van der Waals surface area contributed by atoms with Gasteiger partial charge < -0.3 is 14.6 Å². The molecule has 148 valence electrons. The van der Waals surface area contributed by atoms with Gasteiger partial charge in [0.1, 0.15) is 5.82 Å². The number of hydrogen-bond acceptors (Lipinski definition) is 4.